The van der Waals surface area contributed by atoms with Crippen molar-refractivity contribution >= 4 is 22.9 Å². The number of aromatic nitrogens is 3. The van der Waals surface area contributed by atoms with Crippen LogP contribution in [0.4, 0.5) is 23.2 Å². The maximum absolute atomic E-state index is 13.2. The van der Waals surface area contributed by atoms with Crippen molar-refractivity contribution < 1.29 is 22.4 Å². The van der Waals surface area contributed by atoms with Gasteiger partial charge >= 0.3 is 6.18 Å². The number of aryl methyl sites for hydroxylation is 1. The lowest BCUT2D eigenvalue weighted by Crippen LogP contribution is -2.16. The number of anilines is 1. The zero-order valence-electron chi connectivity index (χ0n) is 17.6. The molecule has 33 heavy (non-hydrogen) atoms. The van der Waals surface area contributed by atoms with Crippen LogP contribution in [0.15, 0.2) is 53.9 Å². The molecule has 2 heterocycles. The van der Waals surface area contributed by atoms with Crippen LogP contribution in [-0.4, -0.2) is 20.7 Å². The summed E-state index contributed by atoms with van der Waals surface area (Å²) in [6, 6.07) is 10.5. The molecule has 0 spiro atoms. The fourth-order valence-corrected chi connectivity index (χ4v) is 4.21. The summed E-state index contributed by atoms with van der Waals surface area (Å²) in [5, 5.41) is 9.42. The Hall–Kier alpha value is -3.53. The molecule has 2 aromatic carbocycles. The summed E-state index contributed by atoms with van der Waals surface area (Å²) in [4.78, 5) is 17.1. The molecule has 0 saturated carbocycles. The Morgan fingerprint density at radius 1 is 1.12 bits per heavy atom. The minimum Gasteiger partial charge on any atom is -0.326 e. The van der Waals surface area contributed by atoms with Crippen molar-refractivity contribution in [2.75, 3.05) is 5.32 Å². The summed E-state index contributed by atoms with van der Waals surface area (Å²) in [6.07, 6.45) is -4.54. The summed E-state index contributed by atoms with van der Waals surface area (Å²) in [5.41, 5.74) is 2.66. The number of amides is 1. The first-order chi connectivity index (χ1) is 15.6. The second kappa shape index (κ2) is 8.78. The van der Waals surface area contributed by atoms with Gasteiger partial charge in [0.1, 0.15) is 5.82 Å². The molecule has 5 nitrogen and oxygen atoms in total. The zero-order chi connectivity index (χ0) is 23.8. The quantitative estimate of drug-likeness (QED) is 0.364. The normalized spacial score (nSPS) is 11.6. The van der Waals surface area contributed by atoms with Gasteiger partial charge in [0.15, 0.2) is 0 Å². The van der Waals surface area contributed by atoms with Crippen LogP contribution in [0.2, 0.25) is 0 Å². The number of alkyl halides is 3. The van der Waals surface area contributed by atoms with Gasteiger partial charge in [-0.05, 0) is 56.3 Å². The van der Waals surface area contributed by atoms with Crippen LogP contribution >= 0.6 is 11.3 Å². The highest BCUT2D eigenvalue weighted by Gasteiger charge is 2.30. The molecule has 1 amide bonds. The van der Waals surface area contributed by atoms with E-state index in [1.54, 1.807) is 30.7 Å². The molecule has 0 fully saturated rings. The summed E-state index contributed by atoms with van der Waals surface area (Å²) < 4.78 is 53.5. The average Bonchev–Trinajstić information content (AvgIpc) is 3.34. The first-order valence-electron chi connectivity index (χ1n) is 9.86. The maximum Gasteiger partial charge on any atom is 0.416 e. The van der Waals surface area contributed by atoms with E-state index >= 15 is 0 Å². The molecule has 0 saturated heterocycles. The van der Waals surface area contributed by atoms with Crippen LogP contribution in [0.3, 0.4) is 0 Å². The van der Waals surface area contributed by atoms with Crippen molar-refractivity contribution in [1.82, 2.24) is 14.8 Å². The molecule has 0 aliphatic rings. The highest BCUT2D eigenvalue weighted by molar-refractivity contribution is 7.12. The van der Waals surface area contributed by atoms with E-state index in [1.807, 2.05) is 5.38 Å². The monoisotopic (exact) mass is 474 g/mol. The second-order valence-electron chi connectivity index (χ2n) is 7.39. The maximum atomic E-state index is 13.2. The minimum atomic E-state index is -4.49. The van der Waals surface area contributed by atoms with E-state index in [0.29, 0.717) is 27.8 Å². The topological polar surface area (TPSA) is 59.8 Å². The molecular weight excluding hydrogens is 456 g/mol. The van der Waals surface area contributed by atoms with E-state index in [9.17, 15) is 22.4 Å². The van der Waals surface area contributed by atoms with Crippen LogP contribution in [0.5, 0.6) is 0 Å². The lowest BCUT2D eigenvalue weighted by molar-refractivity contribution is -0.137. The van der Waals surface area contributed by atoms with Gasteiger partial charge in [0.25, 0.3) is 0 Å². The van der Waals surface area contributed by atoms with E-state index in [2.05, 4.69) is 15.4 Å². The molecule has 0 atom stereocenters. The van der Waals surface area contributed by atoms with Gasteiger partial charge in [0.2, 0.25) is 11.0 Å². The molecule has 0 radical (unpaired) electrons. The third-order valence-electron chi connectivity index (χ3n) is 5.07. The number of hydrogen-bond donors (Lipinski definition) is 1. The number of benzene rings is 2. The number of nitrogens with zero attached hydrogens (tertiary/aromatic N) is 3. The van der Waals surface area contributed by atoms with Crippen molar-refractivity contribution in [3.05, 3.63) is 82.2 Å². The van der Waals surface area contributed by atoms with Crippen molar-refractivity contribution in [3.8, 4) is 16.4 Å². The summed E-state index contributed by atoms with van der Waals surface area (Å²) in [6.45, 7) is 3.55. The first-order valence-corrected chi connectivity index (χ1v) is 10.7. The lowest BCUT2D eigenvalue weighted by Gasteiger charge is -2.10. The molecular formula is C23H18F4N4OS. The van der Waals surface area contributed by atoms with Gasteiger partial charge in [0, 0.05) is 27.9 Å². The number of hydrogen-bond acceptors (Lipinski definition) is 4. The molecule has 0 aliphatic carbocycles. The molecule has 0 unspecified atom stereocenters. The third-order valence-corrected chi connectivity index (χ3v) is 5.88. The average molecular weight is 474 g/mol. The van der Waals surface area contributed by atoms with Crippen LogP contribution in [0.1, 0.15) is 22.5 Å². The van der Waals surface area contributed by atoms with Crippen LogP contribution in [0, 0.1) is 19.7 Å². The summed E-state index contributed by atoms with van der Waals surface area (Å²) in [7, 11) is 0. The summed E-state index contributed by atoms with van der Waals surface area (Å²) >= 11 is 1.35. The Morgan fingerprint density at radius 3 is 2.55 bits per heavy atom. The minimum absolute atomic E-state index is 0.0515. The number of nitrogens with one attached hydrogen (secondary N) is 1. The number of thiazole rings is 1. The Balaban J connectivity index is 1.53. The Kier molecular flexibility index (Phi) is 6.03. The van der Waals surface area contributed by atoms with Crippen molar-refractivity contribution in [2.24, 2.45) is 0 Å². The molecule has 170 valence electrons. The fourth-order valence-electron chi connectivity index (χ4n) is 3.37. The number of carbonyl (C=O) groups is 1. The van der Waals surface area contributed by atoms with Crippen LogP contribution in [0.25, 0.3) is 16.4 Å². The van der Waals surface area contributed by atoms with Crippen LogP contribution < -0.4 is 5.32 Å². The summed E-state index contributed by atoms with van der Waals surface area (Å²) in [5.74, 6) is -0.785. The number of rotatable bonds is 5. The van der Waals surface area contributed by atoms with E-state index in [-0.39, 0.29) is 17.9 Å². The van der Waals surface area contributed by atoms with Gasteiger partial charge in [-0.2, -0.15) is 18.3 Å². The zero-order valence-corrected chi connectivity index (χ0v) is 18.4. The number of halogens is 4. The van der Waals surface area contributed by atoms with Gasteiger partial charge < -0.3 is 5.32 Å². The lowest BCUT2D eigenvalue weighted by atomic mass is 10.1. The fraction of sp³-hybridized carbons (Fsp3) is 0.174. The van der Waals surface area contributed by atoms with Gasteiger partial charge in [-0.25, -0.2) is 14.1 Å². The highest BCUT2D eigenvalue weighted by Crippen LogP contribution is 2.31. The number of carbonyl (C=O) groups excluding carboxylic acids is 1. The van der Waals surface area contributed by atoms with Crippen LogP contribution in [-0.2, 0) is 17.4 Å². The van der Waals surface area contributed by atoms with E-state index in [1.165, 1.54) is 35.6 Å². The van der Waals surface area contributed by atoms with Crippen molar-refractivity contribution in [1.29, 1.82) is 0 Å². The van der Waals surface area contributed by atoms with Crippen molar-refractivity contribution in [2.45, 2.75) is 26.4 Å². The molecule has 2 aromatic heterocycles. The molecule has 0 aliphatic heterocycles. The SMILES string of the molecule is Cc1nn(-c2nc(-c3ccc(F)cc3)cs2)c(C)c1CC(=O)Nc1cccc(C(F)(F)F)c1. The smallest absolute Gasteiger partial charge is 0.326 e. The molecule has 4 rings (SSSR count). The van der Waals surface area contributed by atoms with E-state index in [0.717, 1.165) is 17.7 Å². The Labute approximate surface area is 190 Å². The van der Waals surface area contributed by atoms with Gasteiger partial charge in [-0.3, -0.25) is 4.79 Å². The first kappa shape index (κ1) is 22.7. The van der Waals surface area contributed by atoms with Gasteiger partial charge in [0.05, 0.1) is 23.4 Å². The van der Waals surface area contributed by atoms with E-state index < -0.39 is 17.6 Å². The molecule has 1 N–H and O–H groups in total. The van der Waals surface area contributed by atoms with E-state index in [4.69, 9.17) is 0 Å². The Morgan fingerprint density at radius 2 is 1.85 bits per heavy atom. The Bertz CT molecular complexity index is 1310. The molecule has 4 aromatic rings. The molecule has 0 bridgehead atoms. The van der Waals surface area contributed by atoms with Gasteiger partial charge in [-0.15, -0.1) is 11.3 Å². The highest BCUT2D eigenvalue weighted by atomic mass is 32.1. The molecule has 10 heteroatoms. The van der Waals surface area contributed by atoms with Crippen molar-refractivity contribution in [3.63, 3.8) is 0 Å². The van der Waals surface area contributed by atoms with Gasteiger partial charge in [-0.1, -0.05) is 6.07 Å². The third kappa shape index (κ3) is 4.95. The standard InChI is InChI=1S/C23H18F4N4OS/c1-13-19(11-21(32)28-18-5-3-4-16(10-18)23(25,26)27)14(2)31(30-13)22-29-20(12-33-22)15-6-8-17(24)9-7-15/h3-10,12H,11H2,1-2H3,(H,28,32). The predicted octanol–water partition coefficient (Wildman–Crippen LogP) is 5.95. The second-order valence-corrected chi connectivity index (χ2v) is 8.22. The largest absolute Gasteiger partial charge is 0.416 e. The predicted molar refractivity (Wildman–Crippen MR) is 118 cm³/mol.